The molecule has 1 aliphatic rings. The number of carboxylic acid groups (broad SMARTS) is 1. The summed E-state index contributed by atoms with van der Waals surface area (Å²) in [6.07, 6.45) is 1.48. The average Bonchev–Trinajstić information content (AvgIpc) is 2.80. The summed E-state index contributed by atoms with van der Waals surface area (Å²) in [4.78, 5) is 26.9. The van der Waals surface area contributed by atoms with Gasteiger partial charge in [-0.25, -0.2) is 4.79 Å². The number of nitrogens with zero attached hydrogens (tertiary/aromatic N) is 1. The molecule has 1 atom stereocenters. The summed E-state index contributed by atoms with van der Waals surface area (Å²) in [5.74, 6) is -2.25. The quantitative estimate of drug-likeness (QED) is 0.758. The number of benzene rings is 2. The minimum atomic E-state index is -1.21. The molecule has 2 aromatic rings. The molecule has 0 aromatic heterocycles. The molecule has 0 fully saturated rings. The Bertz CT molecular complexity index is 798. The standard InChI is InChI=1S/C16H12N2O4/c19-14-7-9(5-6-11(14)16(21)22)17-8-12-10-3-1-2-4-13(10)18-15(12)20/h1-8,12,19H,(H,18,20)(H,21,22). The predicted molar refractivity (Wildman–Crippen MR) is 81.0 cm³/mol. The number of anilines is 1. The molecule has 6 nitrogen and oxygen atoms in total. The Morgan fingerprint density at radius 3 is 2.73 bits per heavy atom. The Kier molecular flexibility index (Phi) is 3.34. The van der Waals surface area contributed by atoms with E-state index in [0.29, 0.717) is 5.69 Å². The molecule has 0 saturated heterocycles. The zero-order valence-electron chi connectivity index (χ0n) is 11.4. The zero-order chi connectivity index (χ0) is 15.7. The molecule has 0 bridgehead atoms. The summed E-state index contributed by atoms with van der Waals surface area (Å²) in [5.41, 5.74) is 1.78. The third-order valence-electron chi connectivity index (χ3n) is 3.42. The monoisotopic (exact) mass is 296 g/mol. The number of fused-ring (bicyclic) bond motifs is 1. The molecule has 6 heteroatoms. The Balaban J connectivity index is 1.87. The second kappa shape index (κ2) is 5.33. The molecule has 1 heterocycles. The van der Waals surface area contributed by atoms with Gasteiger partial charge >= 0.3 is 5.97 Å². The highest BCUT2D eigenvalue weighted by Crippen LogP contribution is 2.31. The lowest BCUT2D eigenvalue weighted by Crippen LogP contribution is -2.12. The van der Waals surface area contributed by atoms with E-state index >= 15 is 0 Å². The first-order chi connectivity index (χ1) is 10.6. The van der Waals surface area contributed by atoms with Gasteiger partial charge in [0.1, 0.15) is 17.2 Å². The Labute approximate surface area is 125 Å². The maximum atomic E-state index is 11.9. The number of hydrogen-bond donors (Lipinski definition) is 3. The van der Waals surface area contributed by atoms with E-state index in [1.54, 1.807) is 0 Å². The number of phenols is 1. The van der Waals surface area contributed by atoms with E-state index in [2.05, 4.69) is 10.3 Å². The first-order valence-electron chi connectivity index (χ1n) is 6.56. The minimum Gasteiger partial charge on any atom is -0.507 e. The average molecular weight is 296 g/mol. The van der Waals surface area contributed by atoms with Crippen LogP contribution in [0, 0.1) is 0 Å². The lowest BCUT2D eigenvalue weighted by Gasteiger charge is -2.03. The van der Waals surface area contributed by atoms with E-state index in [9.17, 15) is 14.7 Å². The Hall–Kier alpha value is -3.15. The molecule has 0 aliphatic carbocycles. The van der Waals surface area contributed by atoms with Gasteiger partial charge in [0.2, 0.25) is 5.91 Å². The van der Waals surface area contributed by atoms with Crippen LogP contribution in [0.15, 0.2) is 47.5 Å². The van der Waals surface area contributed by atoms with Crippen molar-refractivity contribution in [1.82, 2.24) is 0 Å². The van der Waals surface area contributed by atoms with Gasteiger partial charge in [0.25, 0.3) is 0 Å². The smallest absolute Gasteiger partial charge is 0.339 e. The fourth-order valence-electron chi connectivity index (χ4n) is 2.32. The van der Waals surface area contributed by atoms with Gasteiger partial charge in [0.05, 0.1) is 5.69 Å². The number of nitrogens with one attached hydrogen (secondary N) is 1. The van der Waals surface area contributed by atoms with Gasteiger partial charge in [-0.15, -0.1) is 0 Å². The molecule has 3 N–H and O–H groups in total. The third kappa shape index (κ3) is 2.42. The first kappa shape index (κ1) is 13.8. The molecular weight excluding hydrogens is 284 g/mol. The van der Waals surface area contributed by atoms with Crippen molar-refractivity contribution in [3.8, 4) is 5.75 Å². The number of carbonyl (C=O) groups is 2. The van der Waals surface area contributed by atoms with Crippen LogP contribution in [0.2, 0.25) is 0 Å². The fourth-order valence-corrected chi connectivity index (χ4v) is 2.32. The Morgan fingerprint density at radius 1 is 1.23 bits per heavy atom. The van der Waals surface area contributed by atoms with E-state index in [4.69, 9.17) is 5.11 Å². The summed E-state index contributed by atoms with van der Waals surface area (Å²) in [6.45, 7) is 0. The van der Waals surface area contributed by atoms with E-state index in [1.165, 1.54) is 24.4 Å². The second-order valence-electron chi connectivity index (χ2n) is 4.84. The normalized spacial score (nSPS) is 16.5. The highest BCUT2D eigenvalue weighted by molar-refractivity contribution is 6.12. The zero-order valence-corrected chi connectivity index (χ0v) is 11.4. The van der Waals surface area contributed by atoms with E-state index in [-0.39, 0.29) is 17.2 Å². The number of hydrogen-bond acceptors (Lipinski definition) is 4. The molecule has 1 unspecified atom stereocenters. The SMILES string of the molecule is O=C(O)c1ccc(N=CC2C(=O)Nc3ccccc32)cc1O. The highest BCUT2D eigenvalue weighted by atomic mass is 16.4. The topological polar surface area (TPSA) is 99.0 Å². The first-order valence-corrected chi connectivity index (χ1v) is 6.56. The van der Waals surface area contributed by atoms with Crippen molar-refractivity contribution in [1.29, 1.82) is 0 Å². The minimum absolute atomic E-state index is 0.170. The summed E-state index contributed by atoms with van der Waals surface area (Å²) in [7, 11) is 0. The van der Waals surface area contributed by atoms with Gasteiger partial charge in [0.15, 0.2) is 0 Å². The van der Waals surface area contributed by atoms with Crippen LogP contribution in [0.3, 0.4) is 0 Å². The van der Waals surface area contributed by atoms with Gasteiger partial charge in [-0.2, -0.15) is 0 Å². The van der Waals surface area contributed by atoms with Crippen LogP contribution in [0.4, 0.5) is 11.4 Å². The van der Waals surface area contributed by atoms with Crippen molar-refractivity contribution in [3.05, 3.63) is 53.6 Å². The molecule has 1 aliphatic heterocycles. The van der Waals surface area contributed by atoms with Crippen molar-refractivity contribution >= 4 is 29.5 Å². The van der Waals surface area contributed by atoms with Gasteiger partial charge in [0, 0.05) is 18.0 Å². The largest absolute Gasteiger partial charge is 0.507 e. The Morgan fingerprint density at radius 2 is 2.00 bits per heavy atom. The molecule has 2 aromatic carbocycles. The van der Waals surface area contributed by atoms with Crippen LogP contribution in [0.5, 0.6) is 5.75 Å². The predicted octanol–water partition coefficient (Wildman–Crippen LogP) is 2.53. The van der Waals surface area contributed by atoms with E-state index < -0.39 is 11.9 Å². The van der Waals surface area contributed by atoms with E-state index in [0.717, 1.165) is 11.3 Å². The van der Waals surface area contributed by atoms with Crippen LogP contribution in [-0.2, 0) is 4.79 Å². The maximum absolute atomic E-state index is 11.9. The number of rotatable bonds is 3. The van der Waals surface area contributed by atoms with Crippen LogP contribution in [-0.4, -0.2) is 28.3 Å². The summed E-state index contributed by atoms with van der Waals surface area (Å²) < 4.78 is 0. The molecule has 110 valence electrons. The number of carboxylic acids is 1. The van der Waals surface area contributed by atoms with Crippen molar-refractivity contribution in [2.75, 3.05) is 5.32 Å². The third-order valence-corrected chi connectivity index (χ3v) is 3.42. The lowest BCUT2D eigenvalue weighted by atomic mass is 10.0. The lowest BCUT2D eigenvalue weighted by molar-refractivity contribution is -0.115. The number of carbonyl (C=O) groups excluding carboxylic acids is 1. The maximum Gasteiger partial charge on any atom is 0.339 e. The highest BCUT2D eigenvalue weighted by Gasteiger charge is 2.28. The number of amides is 1. The van der Waals surface area contributed by atoms with Gasteiger partial charge in [-0.05, 0) is 23.8 Å². The van der Waals surface area contributed by atoms with Crippen molar-refractivity contribution in [2.45, 2.75) is 5.92 Å². The van der Waals surface area contributed by atoms with Gasteiger partial charge in [-0.3, -0.25) is 9.79 Å². The number of para-hydroxylation sites is 1. The molecular formula is C16H12N2O4. The summed E-state index contributed by atoms with van der Waals surface area (Å²) in [5, 5.41) is 21.2. The van der Waals surface area contributed by atoms with Crippen LogP contribution < -0.4 is 5.32 Å². The molecule has 22 heavy (non-hydrogen) atoms. The molecule has 3 rings (SSSR count). The molecule has 0 spiro atoms. The summed E-state index contributed by atoms with van der Waals surface area (Å²) in [6, 6.07) is 11.3. The number of aromatic carboxylic acids is 1. The molecule has 0 saturated carbocycles. The molecule has 0 radical (unpaired) electrons. The van der Waals surface area contributed by atoms with Crippen LogP contribution in [0.1, 0.15) is 21.8 Å². The second-order valence-corrected chi connectivity index (χ2v) is 4.84. The van der Waals surface area contributed by atoms with Crippen LogP contribution >= 0.6 is 0 Å². The summed E-state index contributed by atoms with van der Waals surface area (Å²) >= 11 is 0. The van der Waals surface area contributed by atoms with Crippen LogP contribution in [0.25, 0.3) is 0 Å². The number of aromatic hydroxyl groups is 1. The van der Waals surface area contributed by atoms with E-state index in [1.807, 2.05) is 24.3 Å². The van der Waals surface area contributed by atoms with Gasteiger partial charge in [-0.1, -0.05) is 18.2 Å². The van der Waals surface area contributed by atoms with Crippen molar-refractivity contribution in [2.24, 2.45) is 4.99 Å². The molecule has 1 amide bonds. The van der Waals surface area contributed by atoms with Crippen molar-refractivity contribution in [3.63, 3.8) is 0 Å². The van der Waals surface area contributed by atoms with Gasteiger partial charge < -0.3 is 15.5 Å². The van der Waals surface area contributed by atoms with Crippen molar-refractivity contribution < 1.29 is 19.8 Å². The fraction of sp³-hybridized carbons (Fsp3) is 0.0625. The number of aliphatic imine (C=N–C) groups is 1.